The van der Waals surface area contributed by atoms with Gasteiger partial charge < -0.3 is 9.47 Å². The van der Waals surface area contributed by atoms with Crippen molar-refractivity contribution in [2.24, 2.45) is 5.92 Å². The number of aromatic nitrogens is 2. The van der Waals surface area contributed by atoms with E-state index < -0.39 is 0 Å². The standard InChI is InChI=1S/C22H26ClFN4O/c23-18-9-19(24)21(25-10-18)27-11-15-8-17(14-27)20-5-4-16(22(29)28(20)12-15)13-26-6-2-1-3-7-26/h4-5,9-10,15,17H,1-3,6-8,11-14H2/t15-,17+/m0/s1. The van der Waals surface area contributed by atoms with Crippen LogP contribution in [-0.2, 0) is 13.1 Å². The lowest BCUT2D eigenvalue weighted by Crippen LogP contribution is -2.48. The molecule has 0 aromatic carbocycles. The van der Waals surface area contributed by atoms with Gasteiger partial charge in [0.15, 0.2) is 11.6 Å². The highest BCUT2D eigenvalue weighted by molar-refractivity contribution is 6.30. The van der Waals surface area contributed by atoms with Gasteiger partial charge in [-0.25, -0.2) is 9.37 Å². The van der Waals surface area contributed by atoms with Crippen molar-refractivity contribution in [3.8, 4) is 0 Å². The molecule has 5 nitrogen and oxygen atoms in total. The van der Waals surface area contributed by atoms with Crippen molar-refractivity contribution in [1.29, 1.82) is 0 Å². The molecule has 0 aliphatic carbocycles. The van der Waals surface area contributed by atoms with E-state index >= 15 is 0 Å². The minimum Gasteiger partial charge on any atom is -0.353 e. The molecule has 2 fully saturated rings. The first kappa shape index (κ1) is 19.1. The van der Waals surface area contributed by atoms with E-state index in [2.05, 4.69) is 16.0 Å². The maximum Gasteiger partial charge on any atom is 0.255 e. The Balaban J connectivity index is 1.40. The number of halogens is 2. The molecule has 3 aliphatic rings. The molecule has 2 bridgehead atoms. The number of pyridine rings is 2. The third-order valence-electron chi connectivity index (χ3n) is 6.61. The summed E-state index contributed by atoms with van der Waals surface area (Å²) in [6.07, 6.45) is 6.28. The highest BCUT2D eigenvalue weighted by Crippen LogP contribution is 2.37. The van der Waals surface area contributed by atoms with Crippen molar-refractivity contribution >= 4 is 17.4 Å². The van der Waals surface area contributed by atoms with Gasteiger partial charge in [0, 0.05) is 49.6 Å². The number of piperidine rings is 2. The zero-order valence-electron chi connectivity index (χ0n) is 16.5. The molecule has 0 radical (unpaired) electrons. The lowest BCUT2D eigenvalue weighted by Gasteiger charge is -2.43. The van der Waals surface area contributed by atoms with Crippen LogP contribution < -0.4 is 10.5 Å². The van der Waals surface area contributed by atoms with E-state index in [1.54, 1.807) is 0 Å². The third-order valence-corrected chi connectivity index (χ3v) is 6.82. The van der Waals surface area contributed by atoms with Gasteiger partial charge in [-0.2, -0.15) is 0 Å². The van der Waals surface area contributed by atoms with Crippen LogP contribution in [0.3, 0.4) is 0 Å². The summed E-state index contributed by atoms with van der Waals surface area (Å²) in [5.41, 5.74) is 2.14. The second-order valence-electron chi connectivity index (χ2n) is 8.70. The molecule has 5 heterocycles. The molecule has 0 amide bonds. The Kier molecular flexibility index (Phi) is 5.08. The van der Waals surface area contributed by atoms with Gasteiger partial charge in [0.05, 0.1) is 5.02 Å². The molecule has 0 unspecified atom stereocenters. The number of anilines is 1. The minimum absolute atomic E-state index is 0.159. The van der Waals surface area contributed by atoms with Crippen LogP contribution in [0.2, 0.25) is 5.02 Å². The van der Waals surface area contributed by atoms with Gasteiger partial charge in [0.1, 0.15) is 0 Å². The molecule has 0 saturated carbocycles. The van der Waals surface area contributed by atoms with Crippen LogP contribution in [0.25, 0.3) is 0 Å². The van der Waals surface area contributed by atoms with E-state index in [4.69, 9.17) is 11.6 Å². The Morgan fingerprint density at radius 1 is 1.14 bits per heavy atom. The van der Waals surface area contributed by atoms with Crippen LogP contribution in [0, 0.1) is 11.7 Å². The van der Waals surface area contributed by atoms with Crippen LogP contribution in [0.15, 0.2) is 29.2 Å². The summed E-state index contributed by atoms with van der Waals surface area (Å²) in [6, 6.07) is 5.46. The summed E-state index contributed by atoms with van der Waals surface area (Å²) in [7, 11) is 0. The fourth-order valence-electron chi connectivity index (χ4n) is 5.28. The quantitative estimate of drug-likeness (QED) is 0.766. The van der Waals surface area contributed by atoms with Crippen molar-refractivity contribution in [3.05, 3.63) is 56.8 Å². The van der Waals surface area contributed by atoms with Gasteiger partial charge in [0.2, 0.25) is 0 Å². The molecular weight excluding hydrogens is 391 g/mol. The Morgan fingerprint density at radius 2 is 1.97 bits per heavy atom. The van der Waals surface area contributed by atoms with E-state index in [0.29, 0.717) is 36.4 Å². The predicted octanol–water partition coefficient (Wildman–Crippen LogP) is 3.65. The summed E-state index contributed by atoms with van der Waals surface area (Å²) in [4.78, 5) is 21.8. The van der Waals surface area contributed by atoms with Crippen LogP contribution in [0.4, 0.5) is 10.2 Å². The maximum absolute atomic E-state index is 14.4. The van der Waals surface area contributed by atoms with Gasteiger partial charge >= 0.3 is 0 Å². The van der Waals surface area contributed by atoms with Crippen LogP contribution in [-0.4, -0.2) is 40.6 Å². The van der Waals surface area contributed by atoms with Gasteiger partial charge in [-0.3, -0.25) is 9.69 Å². The van der Waals surface area contributed by atoms with Crippen molar-refractivity contribution in [2.45, 2.75) is 44.7 Å². The average molecular weight is 417 g/mol. The monoisotopic (exact) mass is 416 g/mol. The topological polar surface area (TPSA) is 41.4 Å². The third kappa shape index (κ3) is 3.68. The molecule has 5 rings (SSSR count). The van der Waals surface area contributed by atoms with E-state index in [9.17, 15) is 9.18 Å². The fourth-order valence-corrected chi connectivity index (χ4v) is 5.43. The second-order valence-corrected chi connectivity index (χ2v) is 9.14. The Morgan fingerprint density at radius 3 is 2.76 bits per heavy atom. The SMILES string of the molecule is O=c1c(CN2CCCCC2)ccc2n1C[C@H]1C[C@@H]2CN(c2ncc(Cl)cc2F)C1. The summed E-state index contributed by atoms with van der Waals surface area (Å²) >= 11 is 5.86. The van der Waals surface area contributed by atoms with Crippen molar-refractivity contribution in [2.75, 3.05) is 31.1 Å². The molecule has 2 saturated heterocycles. The average Bonchev–Trinajstić information content (AvgIpc) is 2.71. The first-order valence-electron chi connectivity index (χ1n) is 10.6. The number of likely N-dealkylation sites (tertiary alicyclic amines) is 1. The molecule has 29 heavy (non-hydrogen) atoms. The van der Waals surface area contributed by atoms with Crippen LogP contribution >= 0.6 is 11.6 Å². The van der Waals surface area contributed by atoms with Crippen LogP contribution in [0.5, 0.6) is 0 Å². The smallest absolute Gasteiger partial charge is 0.255 e. The number of hydrogen-bond donors (Lipinski definition) is 0. The summed E-state index contributed by atoms with van der Waals surface area (Å²) < 4.78 is 16.4. The Labute approximate surface area is 175 Å². The summed E-state index contributed by atoms with van der Waals surface area (Å²) in [5, 5.41) is 0.307. The normalized spacial score (nSPS) is 24.4. The molecule has 7 heteroatoms. The highest BCUT2D eigenvalue weighted by Gasteiger charge is 2.36. The predicted molar refractivity (Wildman–Crippen MR) is 112 cm³/mol. The summed E-state index contributed by atoms with van der Waals surface area (Å²) in [5.74, 6) is 0.519. The number of fused-ring (bicyclic) bond motifs is 4. The number of nitrogens with zero attached hydrogens (tertiary/aromatic N) is 4. The molecule has 2 aromatic heterocycles. The van der Waals surface area contributed by atoms with Gasteiger partial charge in [0.25, 0.3) is 5.56 Å². The largest absolute Gasteiger partial charge is 0.353 e. The first-order valence-corrected chi connectivity index (χ1v) is 11.0. The highest BCUT2D eigenvalue weighted by atomic mass is 35.5. The van der Waals surface area contributed by atoms with E-state index in [0.717, 1.165) is 37.3 Å². The zero-order valence-corrected chi connectivity index (χ0v) is 17.2. The zero-order chi connectivity index (χ0) is 20.0. The van der Waals surface area contributed by atoms with E-state index in [-0.39, 0.29) is 17.3 Å². The molecule has 154 valence electrons. The Bertz CT molecular complexity index is 972. The van der Waals surface area contributed by atoms with Crippen LogP contribution in [0.1, 0.15) is 42.9 Å². The number of hydrogen-bond acceptors (Lipinski definition) is 4. The molecular formula is C22H26ClFN4O. The first-order chi connectivity index (χ1) is 14.1. The second kappa shape index (κ2) is 7.73. The molecule has 3 aliphatic heterocycles. The lowest BCUT2D eigenvalue weighted by molar-refractivity contribution is 0.218. The molecule has 2 aromatic rings. The van der Waals surface area contributed by atoms with Crippen molar-refractivity contribution < 1.29 is 4.39 Å². The Hall–Kier alpha value is -1.92. The molecule has 0 spiro atoms. The van der Waals surface area contributed by atoms with Gasteiger partial charge in [-0.1, -0.05) is 24.1 Å². The molecule has 0 N–H and O–H groups in total. The van der Waals surface area contributed by atoms with E-state index in [1.807, 2.05) is 15.5 Å². The lowest BCUT2D eigenvalue weighted by atomic mass is 9.83. The van der Waals surface area contributed by atoms with E-state index in [1.165, 1.54) is 31.5 Å². The van der Waals surface area contributed by atoms with Crippen molar-refractivity contribution in [3.63, 3.8) is 0 Å². The van der Waals surface area contributed by atoms with Gasteiger partial charge in [-0.05, 0) is 50.4 Å². The minimum atomic E-state index is -0.383. The molecule has 2 atom stereocenters. The maximum atomic E-state index is 14.4. The fraction of sp³-hybridized carbons (Fsp3) is 0.545. The number of rotatable bonds is 3. The van der Waals surface area contributed by atoms with Gasteiger partial charge in [-0.15, -0.1) is 0 Å². The van der Waals surface area contributed by atoms with Crippen molar-refractivity contribution in [1.82, 2.24) is 14.5 Å². The summed E-state index contributed by atoms with van der Waals surface area (Å²) in [6.45, 7) is 5.00.